The molecule has 1 fully saturated rings. The number of aryl methyl sites for hydroxylation is 1. The molecule has 1 aliphatic heterocycles. The number of amides is 2. The van der Waals surface area contributed by atoms with Crippen LogP contribution >= 0.6 is 0 Å². The molecular weight excluding hydrogens is 418 g/mol. The highest BCUT2D eigenvalue weighted by atomic mass is 19.3. The molecular formula is C22H21F4NO4. The molecule has 0 saturated carbocycles. The number of hydrogen-bond acceptors (Lipinski definition) is 4. The third-order valence-electron chi connectivity index (χ3n) is 4.92. The Hall–Kier alpha value is -3.10. The monoisotopic (exact) mass is 439 g/mol. The molecule has 1 unspecified atom stereocenters. The first-order chi connectivity index (χ1) is 14.4. The molecule has 0 spiro atoms. The minimum atomic E-state index is -3.40. The van der Waals surface area contributed by atoms with Crippen molar-refractivity contribution < 1.29 is 36.6 Å². The van der Waals surface area contributed by atoms with Crippen LogP contribution in [0.5, 0.6) is 11.5 Å². The van der Waals surface area contributed by atoms with Gasteiger partial charge >= 0.3 is 6.09 Å². The molecule has 0 radical (unpaired) electrons. The predicted molar refractivity (Wildman–Crippen MR) is 104 cm³/mol. The van der Waals surface area contributed by atoms with Gasteiger partial charge in [-0.3, -0.25) is 10.1 Å². The SMILES string of the molecule is CCc1cc(Oc2ccc(C(C)(F)F)cc2C(C)(F)F)ccc1CC1OC(=O)NC1=O. The number of carbonyl (C=O) groups is 2. The number of hydrogen-bond donors (Lipinski definition) is 1. The van der Waals surface area contributed by atoms with Crippen LogP contribution < -0.4 is 10.1 Å². The molecule has 5 nitrogen and oxygen atoms in total. The largest absolute Gasteiger partial charge is 0.457 e. The molecule has 1 heterocycles. The highest BCUT2D eigenvalue weighted by Gasteiger charge is 2.34. The molecule has 166 valence electrons. The summed E-state index contributed by atoms with van der Waals surface area (Å²) in [6.45, 7) is 3.10. The number of alkyl carbamates (subject to hydrolysis) is 1. The highest BCUT2D eigenvalue weighted by molar-refractivity contribution is 6.00. The summed E-state index contributed by atoms with van der Waals surface area (Å²) in [4.78, 5) is 22.9. The summed E-state index contributed by atoms with van der Waals surface area (Å²) in [5.74, 6) is -7.21. The zero-order valence-electron chi connectivity index (χ0n) is 17.1. The van der Waals surface area contributed by atoms with Crippen LogP contribution in [0, 0.1) is 0 Å². The number of carbonyl (C=O) groups excluding carboxylic acids is 2. The Morgan fingerprint density at radius 1 is 1.00 bits per heavy atom. The van der Waals surface area contributed by atoms with Crippen LogP contribution in [-0.4, -0.2) is 18.1 Å². The van der Waals surface area contributed by atoms with Gasteiger partial charge < -0.3 is 9.47 Å². The van der Waals surface area contributed by atoms with Gasteiger partial charge in [-0.25, -0.2) is 22.4 Å². The quantitative estimate of drug-likeness (QED) is 0.584. The lowest BCUT2D eigenvalue weighted by molar-refractivity contribution is -0.123. The fourth-order valence-corrected chi connectivity index (χ4v) is 3.28. The molecule has 2 aromatic rings. The van der Waals surface area contributed by atoms with Crippen LogP contribution in [0.4, 0.5) is 22.4 Å². The number of alkyl halides is 4. The second kappa shape index (κ2) is 8.20. The van der Waals surface area contributed by atoms with Gasteiger partial charge in [-0.15, -0.1) is 0 Å². The Morgan fingerprint density at radius 2 is 1.71 bits per heavy atom. The molecule has 1 N–H and O–H groups in total. The van der Waals surface area contributed by atoms with Gasteiger partial charge in [0.2, 0.25) is 0 Å². The van der Waals surface area contributed by atoms with Gasteiger partial charge in [-0.2, -0.15) is 0 Å². The van der Waals surface area contributed by atoms with Crippen molar-refractivity contribution in [2.75, 3.05) is 0 Å². The van der Waals surface area contributed by atoms with Gasteiger partial charge in [0.05, 0.1) is 5.56 Å². The first-order valence-corrected chi connectivity index (χ1v) is 9.60. The molecule has 1 atom stereocenters. The smallest absolute Gasteiger partial charge is 0.414 e. The summed E-state index contributed by atoms with van der Waals surface area (Å²) < 4.78 is 65.9. The van der Waals surface area contributed by atoms with E-state index in [1.807, 2.05) is 6.92 Å². The van der Waals surface area contributed by atoms with Crippen LogP contribution in [0.3, 0.4) is 0 Å². The van der Waals surface area contributed by atoms with E-state index in [0.717, 1.165) is 29.3 Å². The van der Waals surface area contributed by atoms with E-state index in [4.69, 9.17) is 9.47 Å². The number of ether oxygens (including phenoxy) is 2. The number of rotatable bonds is 7. The van der Waals surface area contributed by atoms with Crippen molar-refractivity contribution in [2.24, 2.45) is 0 Å². The van der Waals surface area contributed by atoms with E-state index >= 15 is 0 Å². The number of benzene rings is 2. The number of cyclic esters (lactones) is 1. The Kier molecular flexibility index (Phi) is 5.98. The lowest BCUT2D eigenvalue weighted by atomic mass is 9.99. The van der Waals surface area contributed by atoms with Gasteiger partial charge in [-0.05, 0) is 47.9 Å². The van der Waals surface area contributed by atoms with E-state index < -0.39 is 41.1 Å². The minimum Gasteiger partial charge on any atom is -0.457 e. The second-order valence-electron chi connectivity index (χ2n) is 7.46. The molecule has 0 aromatic heterocycles. The summed E-state index contributed by atoms with van der Waals surface area (Å²) in [6, 6.07) is 7.67. The first kappa shape index (κ1) is 22.6. The van der Waals surface area contributed by atoms with Crippen LogP contribution in [-0.2, 0) is 34.2 Å². The van der Waals surface area contributed by atoms with Gasteiger partial charge in [0.25, 0.3) is 17.8 Å². The molecule has 31 heavy (non-hydrogen) atoms. The van der Waals surface area contributed by atoms with E-state index in [1.165, 1.54) is 6.07 Å². The average Bonchev–Trinajstić information content (AvgIpc) is 2.98. The number of imide groups is 1. The fraction of sp³-hybridized carbons (Fsp3) is 0.364. The summed E-state index contributed by atoms with van der Waals surface area (Å²) >= 11 is 0. The summed E-state index contributed by atoms with van der Waals surface area (Å²) in [5, 5.41) is 2.05. The summed E-state index contributed by atoms with van der Waals surface area (Å²) in [5.41, 5.74) is 0.301. The second-order valence-corrected chi connectivity index (χ2v) is 7.46. The standard InChI is InChI=1S/C22H21F4NO4/c1-4-12-9-15(7-5-13(12)10-18-19(28)27-20(29)31-18)30-17-8-6-14(21(2,23)24)11-16(17)22(3,25)26/h5-9,11,18H,4,10H2,1-3H3,(H,27,28,29). The van der Waals surface area contributed by atoms with Crippen LogP contribution in [0.1, 0.15) is 43.0 Å². The lowest BCUT2D eigenvalue weighted by Gasteiger charge is -2.20. The Labute approximate surface area is 176 Å². The Balaban J connectivity index is 1.89. The third kappa shape index (κ3) is 5.15. The number of halogens is 4. The van der Waals surface area contributed by atoms with Crippen LogP contribution in [0.25, 0.3) is 0 Å². The van der Waals surface area contributed by atoms with E-state index in [2.05, 4.69) is 5.32 Å². The minimum absolute atomic E-state index is 0.152. The van der Waals surface area contributed by atoms with Crippen LogP contribution in [0.2, 0.25) is 0 Å². The van der Waals surface area contributed by atoms with Gasteiger partial charge in [0.1, 0.15) is 11.5 Å². The topological polar surface area (TPSA) is 64.6 Å². The van der Waals surface area contributed by atoms with E-state index in [0.29, 0.717) is 20.3 Å². The molecule has 9 heteroatoms. The zero-order chi connectivity index (χ0) is 23.0. The maximum Gasteiger partial charge on any atom is 0.414 e. The molecule has 3 rings (SSSR count). The van der Waals surface area contributed by atoms with Crippen molar-refractivity contribution in [3.63, 3.8) is 0 Å². The van der Waals surface area contributed by atoms with Crippen molar-refractivity contribution >= 4 is 12.0 Å². The molecule has 1 saturated heterocycles. The lowest BCUT2D eigenvalue weighted by Crippen LogP contribution is -2.26. The highest BCUT2D eigenvalue weighted by Crippen LogP contribution is 2.40. The normalized spacial score (nSPS) is 16.8. The van der Waals surface area contributed by atoms with Crippen molar-refractivity contribution in [1.82, 2.24) is 5.32 Å². The van der Waals surface area contributed by atoms with Crippen molar-refractivity contribution in [1.29, 1.82) is 0 Å². The van der Waals surface area contributed by atoms with Crippen molar-refractivity contribution in [3.8, 4) is 11.5 Å². The maximum atomic E-state index is 14.1. The van der Waals surface area contributed by atoms with E-state index in [9.17, 15) is 27.2 Å². The van der Waals surface area contributed by atoms with Gasteiger partial charge in [-0.1, -0.05) is 13.0 Å². The first-order valence-electron chi connectivity index (χ1n) is 9.60. The van der Waals surface area contributed by atoms with Gasteiger partial charge in [0, 0.05) is 25.8 Å². The number of nitrogens with one attached hydrogen (secondary N) is 1. The van der Waals surface area contributed by atoms with E-state index in [-0.39, 0.29) is 17.9 Å². The zero-order valence-corrected chi connectivity index (χ0v) is 17.1. The van der Waals surface area contributed by atoms with Gasteiger partial charge in [0.15, 0.2) is 6.10 Å². The fourth-order valence-electron chi connectivity index (χ4n) is 3.28. The summed E-state index contributed by atoms with van der Waals surface area (Å²) in [7, 11) is 0. The van der Waals surface area contributed by atoms with E-state index in [1.54, 1.807) is 12.1 Å². The Morgan fingerprint density at radius 3 is 2.26 bits per heavy atom. The van der Waals surface area contributed by atoms with Crippen molar-refractivity contribution in [3.05, 3.63) is 58.7 Å². The van der Waals surface area contributed by atoms with Crippen LogP contribution in [0.15, 0.2) is 36.4 Å². The molecule has 0 aliphatic carbocycles. The maximum absolute atomic E-state index is 14.1. The molecule has 2 amide bonds. The summed E-state index contributed by atoms with van der Waals surface area (Å²) in [6.07, 6.45) is -1.06. The molecule has 0 bridgehead atoms. The predicted octanol–water partition coefficient (Wildman–Crippen LogP) is 5.44. The third-order valence-corrected chi connectivity index (χ3v) is 4.92. The molecule has 1 aliphatic rings. The average molecular weight is 439 g/mol. The Bertz CT molecular complexity index is 1010. The van der Waals surface area contributed by atoms with Crippen molar-refractivity contribution in [2.45, 2.75) is 51.6 Å². The molecule has 2 aromatic carbocycles.